The molecule has 0 aliphatic heterocycles. The lowest BCUT2D eigenvalue weighted by atomic mass is 10.4. The van der Waals surface area contributed by atoms with Gasteiger partial charge in [-0.2, -0.15) is 5.26 Å². The summed E-state index contributed by atoms with van der Waals surface area (Å²) in [4.78, 5) is 20.8. The molecule has 0 bridgehead atoms. The standard InChI is InChI=1S/C5H7N3O2/c1-7-5(10)8-4(9)2-3-6/h2H2,1H3,(H2,7,8,9,10). The first-order valence-electron chi connectivity index (χ1n) is 2.59. The van der Waals surface area contributed by atoms with Crippen LogP contribution in [0.25, 0.3) is 0 Å². The van der Waals surface area contributed by atoms with E-state index in [2.05, 4.69) is 5.32 Å². The van der Waals surface area contributed by atoms with Crippen molar-refractivity contribution in [2.24, 2.45) is 0 Å². The Kier molecular flexibility index (Phi) is 3.64. The number of urea groups is 1. The van der Waals surface area contributed by atoms with Crippen molar-refractivity contribution in [3.05, 3.63) is 0 Å². The minimum atomic E-state index is -0.597. The number of imide groups is 1. The van der Waals surface area contributed by atoms with Gasteiger partial charge < -0.3 is 5.32 Å². The molecule has 0 spiro atoms. The van der Waals surface area contributed by atoms with Crippen molar-refractivity contribution in [3.8, 4) is 6.07 Å². The third-order valence-corrected chi connectivity index (χ3v) is 0.720. The van der Waals surface area contributed by atoms with E-state index in [4.69, 9.17) is 5.26 Å². The summed E-state index contributed by atoms with van der Waals surface area (Å²) in [5.41, 5.74) is 0. The van der Waals surface area contributed by atoms with Crippen LogP contribution in [-0.4, -0.2) is 19.0 Å². The molecule has 54 valence electrons. The summed E-state index contributed by atoms with van der Waals surface area (Å²) in [6.45, 7) is 0. The van der Waals surface area contributed by atoms with Crippen molar-refractivity contribution in [1.29, 1.82) is 5.26 Å². The zero-order chi connectivity index (χ0) is 7.98. The fourth-order valence-corrected chi connectivity index (χ4v) is 0.305. The molecule has 0 saturated heterocycles. The van der Waals surface area contributed by atoms with Gasteiger partial charge >= 0.3 is 6.03 Å². The van der Waals surface area contributed by atoms with E-state index < -0.39 is 11.9 Å². The van der Waals surface area contributed by atoms with Gasteiger partial charge in [0, 0.05) is 7.05 Å². The van der Waals surface area contributed by atoms with Gasteiger partial charge in [-0.3, -0.25) is 10.1 Å². The molecule has 0 radical (unpaired) electrons. The molecule has 10 heavy (non-hydrogen) atoms. The van der Waals surface area contributed by atoms with Crippen LogP contribution in [0, 0.1) is 11.3 Å². The first kappa shape index (κ1) is 8.43. The second-order valence-corrected chi connectivity index (χ2v) is 1.46. The van der Waals surface area contributed by atoms with Gasteiger partial charge in [0.25, 0.3) is 0 Å². The number of amides is 3. The Morgan fingerprint density at radius 3 is 2.60 bits per heavy atom. The number of hydrogen-bond donors (Lipinski definition) is 2. The summed E-state index contributed by atoms with van der Waals surface area (Å²) in [5.74, 6) is -0.596. The van der Waals surface area contributed by atoms with E-state index >= 15 is 0 Å². The second-order valence-electron chi connectivity index (χ2n) is 1.46. The van der Waals surface area contributed by atoms with Gasteiger partial charge in [0.1, 0.15) is 6.42 Å². The van der Waals surface area contributed by atoms with Crippen LogP contribution in [0.5, 0.6) is 0 Å². The molecule has 0 atom stereocenters. The molecule has 0 aliphatic rings. The molecular weight excluding hydrogens is 134 g/mol. The fourth-order valence-electron chi connectivity index (χ4n) is 0.305. The summed E-state index contributed by atoms with van der Waals surface area (Å²) < 4.78 is 0. The molecule has 0 aliphatic carbocycles. The van der Waals surface area contributed by atoms with Gasteiger partial charge in [-0.15, -0.1) is 0 Å². The highest BCUT2D eigenvalue weighted by atomic mass is 16.2. The fraction of sp³-hybridized carbons (Fsp3) is 0.400. The summed E-state index contributed by atoms with van der Waals surface area (Å²) in [5, 5.41) is 12.1. The third-order valence-electron chi connectivity index (χ3n) is 0.720. The van der Waals surface area contributed by atoms with Crippen LogP contribution in [0.1, 0.15) is 6.42 Å². The second kappa shape index (κ2) is 4.32. The molecule has 0 aromatic rings. The highest BCUT2D eigenvalue weighted by Gasteiger charge is 2.02. The summed E-state index contributed by atoms with van der Waals surface area (Å²) in [6.07, 6.45) is -0.298. The molecule has 5 nitrogen and oxygen atoms in total. The molecule has 0 heterocycles. The smallest absolute Gasteiger partial charge is 0.321 e. The Morgan fingerprint density at radius 2 is 2.20 bits per heavy atom. The zero-order valence-corrected chi connectivity index (χ0v) is 5.47. The Balaban J connectivity index is 3.60. The number of nitrogens with one attached hydrogen (secondary N) is 2. The SMILES string of the molecule is CNC(=O)NC(=O)CC#N. The maximum absolute atomic E-state index is 10.4. The first-order chi connectivity index (χ1) is 4.70. The summed E-state index contributed by atoms with van der Waals surface area (Å²) in [6, 6.07) is 1.01. The normalized spacial score (nSPS) is 7.60. The van der Waals surface area contributed by atoms with Crippen molar-refractivity contribution < 1.29 is 9.59 Å². The quantitative estimate of drug-likeness (QED) is 0.509. The number of nitrogens with zero attached hydrogens (tertiary/aromatic N) is 1. The Labute approximate surface area is 58.0 Å². The van der Waals surface area contributed by atoms with Gasteiger partial charge in [0.05, 0.1) is 6.07 Å². The largest absolute Gasteiger partial charge is 0.341 e. The van der Waals surface area contributed by atoms with E-state index in [1.807, 2.05) is 5.32 Å². The van der Waals surface area contributed by atoms with Gasteiger partial charge in [-0.25, -0.2) is 4.79 Å². The zero-order valence-electron chi connectivity index (χ0n) is 5.47. The van der Waals surface area contributed by atoms with E-state index in [0.29, 0.717) is 0 Å². The van der Waals surface area contributed by atoms with Crippen LogP contribution in [0.4, 0.5) is 4.79 Å². The lowest BCUT2D eigenvalue weighted by Crippen LogP contribution is -2.37. The van der Waals surface area contributed by atoms with Crippen LogP contribution in [0.3, 0.4) is 0 Å². The van der Waals surface area contributed by atoms with Crippen LogP contribution < -0.4 is 10.6 Å². The molecule has 5 heteroatoms. The van der Waals surface area contributed by atoms with Gasteiger partial charge in [-0.05, 0) is 0 Å². The Bertz CT molecular complexity index is 182. The summed E-state index contributed by atoms with van der Waals surface area (Å²) >= 11 is 0. The van der Waals surface area contributed by atoms with Crippen LogP contribution in [0.2, 0.25) is 0 Å². The molecule has 0 aromatic heterocycles. The minimum Gasteiger partial charge on any atom is -0.341 e. The van der Waals surface area contributed by atoms with Gasteiger partial charge in [0.2, 0.25) is 5.91 Å². The lowest BCUT2D eigenvalue weighted by Gasteiger charge is -1.97. The Morgan fingerprint density at radius 1 is 1.60 bits per heavy atom. The monoisotopic (exact) mass is 141 g/mol. The lowest BCUT2D eigenvalue weighted by molar-refractivity contribution is -0.119. The number of nitriles is 1. The Hall–Kier alpha value is -1.57. The molecule has 3 amide bonds. The average molecular weight is 141 g/mol. The van der Waals surface area contributed by atoms with Crippen molar-refractivity contribution in [3.63, 3.8) is 0 Å². The van der Waals surface area contributed by atoms with E-state index in [0.717, 1.165) is 0 Å². The highest BCUT2D eigenvalue weighted by Crippen LogP contribution is 1.73. The molecule has 0 fully saturated rings. The molecule has 0 unspecified atom stereocenters. The summed E-state index contributed by atoms with van der Waals surface area (Å²) in [7, 11) is 1.38. The number of hydrogen-bond acceptors (Lipinski definition) is 3. The van der Waals surface area contributed by atoms with Crippen LogP contribution >= 0.6 is 0 Å². The average Bonchev–Trinajstić information content (AvgIpc) is 1.88. The molecule has 2 N–H and O–H groups in total. The first-order valence-corrected chi connectivity index (χ1v) is 2.59. The van der Waals surface area contributed by atoms with Gasteiger partial charge in [-0.1, -0.05) is 0 Å². The van der Waals surface area contributed by atoms with E-state index in [1.54, 1.807) is 6.07 Å². The minimum absolute atomic E-state index is 0.298. The van der Waals surface area contributed by atoms with Crippen molar-refractivity contribution in [2.75, 3.05) is 7.05 Å². The number of carbonyl (C=O) groups excluding carboxylic acids is 2. The number of rotatable bonds is 1. The maximum Gasteiger partial charge on any atom is 0.321 e. The van der Waals surface area contributed by atoms with E-state index in [-0.39, 0.29) is 6.42 Å². The molecular formula is C5H7N3O2. The van der Waals surface area contributed by atoms with Crippen molar-refractivity contribution >= 4 is 11.9 Å². The van der Waals surface area contributed by atoms with E-state index in [1.165, 1.54) is 7.05 Å². The predicted molar refractivity (Wildman–Crippen MR) is 32.8 cm³/mol. The number of carbonyl (C=O) groups is 2. The molecule has 0 rings (SSSR count). The molecule has 0 saturated carbocycles. The molecule has 0 aromatic carbocycles. The van der Waals surface area contributed by atoms with Gasteiger partial charge in [0.15, 0.2) is 0 Å². The van der Waals surface area contributed by atoms with E-state index in [9.17, 15) is 9.59 Å². The highest BCUT2D eigenvalue weighted by molar-refractivity contribution is 5.94. The van der Waals surface area contributed by atoms with Crippen molar-refractivity contribution in [2.45, 2.75) is 6.42 Å². The maximum atomic E-state index is 10.4. The predicted octanol–water partition coefficient (Wildman–Crippen LogP) is -0.644. The topological polar surface area (TPSA) is 82.0 Å². The van der Waals surface area contributed by atoms with Crippen LogP contribution in [-0.2, 0) is 4.79 Å². The third kappa shape index (κ3) is 3.43. The van der Waals surface area contributed by atoms with Crippen LogP contribution in [0.15, 0.2) is 0 Å². The van der Waals surface area contributed by atoms with Crippen molar-refractivity contribution in [1.82, 2.24) is 10.6 Å².